The molecule has 0 saturated carbocycles. The van der Waals surface area contributed by atoms with E-state index in [1.54, 1.807) is 18.2 Å². The molecular formula is C14H12INO4S. The van der Waals surface area contributed by atoms with Gasteiger partial charge < -0.3 is 4.74 Å². The van der Waals surface area contributed by atoms with E-state index in [2.05, 4.69) is 32.0 Å². The third-order valence-electron chi connectivity index (χ3n) is 2.70. The average molecular weight is 417 g/mol. The second-order valence-electron chi connectivity index (χ2n) is 4.10. The molecule has 0 radical (unpaired) electrons. The number of hydrogen-bond donors (Lipinski definition) is 1. The summed E-state index contributed by atoms with van der Waals surface area (Å²) in [6, 6.07) is 12.6. The Morgan fingerprint density at radius 3 is 2.29 bits per heavy atom. The van der Waals surface area contributed by atoms with E-state index in [0.717, 1.165) is 3.57 Å². The van der Waals surface area contributed by atoms with Crippen LogP contribution in [0.2, 0.25) is 0 Å². The third-order valence-corrected chi connectivity index (χ3v) is 5.03. The van der Waals surface area contributed by atoms with E-state index in [4.69, 9.17) is 0 Å². The number of benzene rings is 2. The van der Waals surface area contributed by atoms with Crippen molar-refractivity contribution < 1.29 is 17.9 Å². The van der Waals surface area contributed by atoms with Crippen molar-refractivity contribution in [2.75, 3.05) is 11.8 Å². The molecule has 2 aromatic rings. The number of hydrogen-bond acceptors (Lipinski definition) is 4. The van der Waals surface area contributed by atoms with Crippen LogP contribution in [0.15, 0.2) is 53.4 Å². The number of carbonyl (C=O) groups excluding carboxylic acids is 1. The second kappa shape index (κ2) is 6.44. The molecule has 110 valence electrons. The number of methoxy groups -OCH3 is 1. The summed E-state index contributed by atoms with van der Waals surface area (Å²) >= 11 is 2.05. The number of carbonyl (C=O) groups is 1. The van der Waals surface area contributed by atoms with Crippen LogP contribution >= 0.6 is 22.6 Å². The highest BCUT2D eigenvalue weighted by Gasteiger charge is 2.16. The Morgan fingerprint density at radius 1 is 1.10 bits per heavy atom. The topological polar surface area (TPSA) is 72.5 Å². The van der Waals surface area contributed by atoms with Gasteiger partial charge in [-0.15, -0.1) is 0 Å². The highest BCUT2D eigenvalue weighted by molar-refractivity contribution is 14.1. The highest BCUT2D eigenvalue weighted by atomic mass is 127. The SMILES string of the molecule is COC(=O)c1ccc(S(=O)(=O)Nc2ccccc2I)cc1. The average Bonchev–Trinajstić information content (AvgIpc) is 2.49. The van der Waals surface area contributed by atoms with Gasteiger partial charge >= 0.3 is 5.97 Å². The van der Waals surface area contributed by atoms with E-state index >= 15 is 0 Å². The second-order valence-corrected chi connectivity index (χ2v) is 6.95. The Labute approximate surface area is 136 Å². The molecule has 0 fully saturated rings. The molecule has 0 aliphatic rings. The lowest BCUT2D eigenvalue weighted by molar-refractivity contribution is 0.0600. The first-order valence-corrected chi connectivity index (χ1v) is 8.46. The van der Waals surface area contributed by atoms with E-state index in [0.29, 0.717) is 11.3 Å². The molecule has 7 heteroatoms. The lowest BCUT2D eigenvalue weighted by Gasteiger charge is -2.10. The summed E-state index contributed by atoms with van der Waals surface area (Å²) in [5, 5.41) is 0. The van der Waals surface area contributed by atoms with E-state index in [1.165, 1.54) is 31.4 Å². The Morgan fingerprint density at radius 2 is 1.71 bits per heavy atom. The van der Waals surface area contributed by atoms with Crippen LogP contribution in [0.4, 0.5) is 5.69 Å². The van der Waals surface area contributed by atoms with Gasteiger partial charge in [0.25, 0.3) is 10.0 Å². The van der Waals surface area contributed by atoms with E-state index in [1.807, 2.05) is 6.07 Å². The van der Waals surface area contributed by atoms with Gasteiger partial charge in [0.15, 0.2) is 0 Å². The Balaban J connectivity index is 2.28. The molecule has 0 bridgehead atoms. The molecule has 2 rings (SSSR count). The van der Waals surface area contributed by atoms with Crippen LogP contribution in [-0.2, 0) is 14.8 Å². The smallest absolute Gasteiger partial charge is 0.337 e. The van der Waals surface area contributed by atoms with Gasteiger partial charge in [0, 0.05) is 3.57 Å². The summed E-state index contributed by atoms with van der Waals surface area (Å²) in [6.45, 7) is 0. The van der Waals surface area contributed by atoms with Crippen LogP contribution < -0.4 is 4.72 Å². The summed E-state index contributed by atoms with van der Waals surface area (Å²) in [5.74, 6) is -0.510. The molecule has 21 heavy (non-hydrogen) atoms. The van der Waals surface area contributed by atoms with Crippen molar-refractivity contribution in [1.29, 1.82) is 0 Å². The minimum Gasteiger partial charge on any atom is -0.465 e. The minimum absolute atomic E-state index is 0.0785. The summed E-state index contributed by atoms with van der Waals surface area (Å²) < 4.78 is 32.4. The molecule has 0 aromatic heterocycles. The van der Waals surface area contributed by atoms with Crippen molar-refractivity contribution in [1.82, 2.24) is 0 Å². The Bertz CT molecular complexity index is 757. The quantitative estimate of drug-likeness (QED) is 0.614. The lowest BCUT2D eigenvalue weighted by Crippen LogP contribution is -2.14. The first-order valence-electron chi connectivity index (χ1n) is 5.90. The zero-order valence-electron chi connectivity index (χ0n) is 11.0. The number of sulfonamides is 1. The maximum Gasteiger partial charge on any atom is 0.337 e. The molecular weight excluding hydrogens is 405 g/mol. The molecule has 0 aliphatic carbocycles. The lowest BCUT2D eigenvalue weighted by atomic mass is 10.2. The van der Waals surface area contributed by atoms with E-state index in [9.17, 15) is 13.2 Å². The number of para-hydroxylation sites is 1. The zero-order chi connectivity index (χ0) is 15.5. The van der Waals surface area contributed by atoms with E-state index < -0.39 is 16.0 Å². The van der Waals surface area contributed by atoms with Crippen LogP contribution in [-0.4, -0.2) is 21.5 Å². The number of rotatable bonds is 4. The van der Waals surface area contributed by atoms with Crippen LogP contribution in [0.1, 0.15) is 10.4 Å². The number of ether oxygens (including phenoxy) is 1. The normalized spacial score (nSPS) is 11.0. The summed E-state index contributed by atoms with van der Waals surface area (Å²) in [4.78, 5) is 11.4. The van der Waals surface area contributed by atoms with Crippen molar-refractivity contribution >= 4 is 44.3 Å². The maximum absolute atomic E-state index is 12.3. The first-order chi connectivity index (χ1) is 9.94. The number of esters is 1. The number of nitrogens with one attached hydrogen (secondary N) is 1. The molecule has 0 aliphatic heterocycles. The van der Waals surface area contributed by atoms with Gasteiger partial charge in [-0.1, -0.05) is 12.1 Å². The molecule has 0 amide bonds. The van der Waals surface area contributed by atoms with Gasteiger partial charge in [-0.3, -0.25) is 4.72 Å². The van der Waals surface area contributed by atoms with Gasteiger partial charge in [0.1, 0.15) is 0 Å². The summed E-state index contributed by atoms with van der Waals surface area (Å²) in [6.07, 6.45) is 0. The predicted molar refractivity (Wildman–Crippen MR) is 87.7 cm³/mol. The standard InChI is InChI=1S/C14H12INO4S/c1-20-14(17)10-6-8-11(9-7-10)21(18,19)16-13-5-3-2-4-12(13)15/h2-9,16H,1H3. The molecule has 5 nitrogen and oxygen atoms in total. The fourth-order valence-electron chi connectivity index (χ4n) is 1.64. The fourth-order valence-corrected chi connectivity index (χ4v) is 3.42. The third kappa shape index (κ3) is 3.73. The molecule has 1 N–H and O–H groups in total. The van der Waals surface area contributed by atoms with E-state index in [-0.39, 0.29) is 4.90 Å². The van der Waals surface area contributed by atoms with Crippen molar-refractivity contribution in [2.45, 2.75) is 4.90 Å². The molecule has 0 spiro atoms. The summed E-state index contributed by atoms with van der Waals surface area (Å²) in [7, 11) is -2.42. The van der Waals surface area contributed by atoms with Crippen LogP contribution in [0.5, 0.6) is 0 Å². The predicted octanol–water partition coefficient (Wildman–Crippen LogP) is 2.88. The van der Waals surface area contributed by atoms with Gasteiger partial charge in [0.05, 0.1) is 23.3 Å². The first kappa shape index (κ1) is 15.8. The van der Waals surface area contributed by atoms with Crippen LogP contribution in [0.3, 0.4) is 0 Å². The van der Waals surface area contributed by atoms with Gasteiger partial charge in [-0.25, -0.2) is 13.2 Å². The molecule has 0 saturated heterocycles. The molecule has 0 atom stereocenters. The van der Waals surface area contributed by atoms with Crippen molar-refractivity contribution in [2.24, 2.45) is 0 Å². The van der Waals surface area contributed by atoms with Crippen molar-refractivity contribution in [3.8, 4) is 0 Å². The van der Waals surface area contributed by atoms with Crippen molar-refractivity contribution in [3.63, 3.8) is 0 Å². The number of anilines is 1. The Hall–Kier alpha value is -1.61. The Kier molecular flexibility index (Phi) is 4.84. The highest BCUT2D eigenvalue weighted by Crippen LogP contribution is 2.21. The van der Waals surface area contributed by atoms with Crippen molar-refractivity contribution in [3.05, 3.63) is 57.7 Å². The molecule has 0 heterocycles. The van der Waals surface area contributed by atoms with Gasteiger partial charge in [0.2, 0.25) is 0 Å². The maximum atomic E-state index is 12.3. The van der Waals surface area contributed by atoms with Crippen LogP contribution in [0, 0.1) is 3.57 Å². The van der Waals surface area contributed by atoms with Gasteiger partial charge in [-0.05, 0) is 59.0 Å². The van der Waals surface area contributed by atoms with Gasteiger partial charge in [-0.2, -0.15) is 0 Å². The summed E-state index contributed by atoms with van der Waals surface area (Å²) in [5.41, 5.74) is 0.806. The van der Waals surface area contributed by atoms with Crippen LogP contribution in [0.25, 0.3) is 0 Å². The number of halogens is 1. The largest absolute Gasteiger partial charge is 0.465 e. The minimum atomic E-state index is -3.69. The monoisotopic (exact) mass is 417 g/mol. The molecule has 0 unspecified atom stereocenters. The molecule has 2 aromatic carbocycles. The fraction of sp³-hybridized carbons (Fsp3) is 0.0714. The zero-order valence-corrected chi connectivity index (χ0v) is 14.0.